The monoisotopic (exact) mass is 393 g/mol. The summed E-state index contributed by atoms with van der Waals surface area (Å²) in [7, 11) is 0. The highest BCUT2D eigenvalue weighted by molar-refractivity contribution is 7.14. The van der Waals surface area contributed by atoms with Crippen LogP contribution < -0.4 is 10.9 Å². The van der Waals surface area contributed by atoms with Crippen molar-refractivity contribution < 1.29 is 14.1 Å². The predicted octanol–water partition coefficient (Wildman–Crippen LogP) is 4.08. The van der Waals surface area contributed by atoms with E-state index in [0.717, 1.165) is 0 Å². The van der Waals surface area contributed by atoms with Gasteiger partial charge in [0.05, 0.1) is 10.6 Å². The highest BCUT2D eigenvalue weighted by atomic mass is 32.1. The third-order valence-corrected chi connectivity index (χ3v) is 4.74. The fourth-order valence-corrected chi connectivity index (χ4v) is 3.32. The molecule has 0 fully saturated rings. The number of rotatable bonds is 4. The number of aromatic nitrogens is 1. The fourth-order valence-electron chi connectivity index (χ4n) is 2.60. The molecule has 138 valence electrons. The van der Waals surface area contributed by atoms with Gasteiger partial charge in [0, 0.05) is 28.5 Å². The summed E-state index contributed by atoms with van der Waals surface area (Å²) in [4.78, 5) is 39.1. The van der Waals surface area contributed by atoms with E-state index >= 15 is 0 Å². The van der Waals surface area contributed by atoms with Crippen molar-refractivity contribution in [3.8, 4) is 11.3 Å². The van der Waals surface area contributed by atoms with Gasteiger partial charge in [0.15, 0.2) is 5.13 Å². The first-order chi connectivity index (χ1) is 13.5. The molecule has 0 saturated carbocycles. The van der Waals surface area contributed by atoms with E-state index in [-0.39, 0.29) is 11.3 Å². The number of amides is 1. The Morgan fingerprint density at radius 3 is 2.64 bits per heavy atom. The zero-order chi connectivity index (χ0) is 19.7. The highest BCUT2D eigenvalue weighted by Gasteiger charge is 2.16. The smallest absolute Gasteiger partial charge is 0.349 e. The number of carbonyl (C=O) groups excluding carboxylic acids is 1. The molecule has 0 radical (unpaired) electrons. The molecule has 8 nitrogen and oxygen atoms in total. The highest BCUT2D eigenvalue weighted by Crippen LogP contribution is 2.26. The number of hydrogen-bond donors (Lipinski definition) is 1. The molecule has 4 rings (SSSR count). The van der Waals surface area contributed by atoms with E-state index < -0.39 is 16.5 Å². The van der Waals surface area contributed by atoms with Gasteiger partial charge in [-0.1, -0.05) is 18.2 Å². The van der Waals surface area contributed by atoms with Gasteiger partial charge in [0.1, 0.15) is 11.1 Å². The molecule has 0 unspecified atom stereocenters. The number of non-ortho nitro benzene ring substituents is 1. The molecule has 0 aliphatic carbocycles. The lowest BCUT2D eigenvalue weighted by Gasteiger charge is -2.02. The second-order valence-electron chi connectivity index (χ2n) is 5.78. The largest absolute Gasteiger partial charge is 0.422 e. The standard InChI is InChI=1S/C19H11N3O5S/c23-17(14-9-12-3-1-2-4-16(12)27-18(14)24)21-19-20-15(10-28-19)11-5-7-13(8-6-11)22(25)26/h1-10H,(H,20,21,23). The van der Waals surface area contributed by atoms with Crippen molar-refractivity contribution in [2.45, 2.75) is 0 Å². The van der Waals surface area contributed by atoms with Crippen LogP contribution in [0, 0.1) is 10.1 Å². The SMILES string of the molecule is O=C(Nc1nc(-c2ccc([N+](=O)[O-])cc2)cs1)c1cc2ccccc2oc1=O. The van der Waals surface area contributed by atoms with E-state index in [9.17, 15) is 19.7 Å². The van der Waals surface area contributed by atoms with Crippen LogP contribution >= 0.6 is 11.3 Å². The number of para-hydroxylation sites is 1. The number of nitrogens with one attached hydrogen (secondary N) is 1. The number of benzene rings is 2. The molecule has 2 heterocycles. The minimum absolute atomic E-state index is 0.0180. The lowest BCUT2D eigenvalue weighted by molar-refractivity contribution is -0.384. The molecule has 9 heteroatoms. The quantitative estimate of drug-likeness (QED) is 0.317. The minimum atomic E-state index is -0.733. The van der Waals surface area contributed by atoms with Crippen molar-refractivity contribution in [1.82, 2.24) is 4.98 Å². The van der Waals surface area contributed by atoms with Gasteiger partial charge in [-0.05, 0) is 24.3 Å². The number of nitrogens with zero attached hydrogens (tertiary/aromatic N) is 2. The van der Waals surface area contributed by atoms with Crippen molar-refractivity contribution in [1.29, 1.82) is 0 Å². The van der Waals surface area contributed by atoms with Crippen LogP contribution in [0.15, 0.2) is 69.2 Å². The van der Waals surface area contributed by atoms with Crippen LogP contribution in [0.25, 0.3) is 22.2 Å². The molecule has 28 heavy (non-hydrogen) atoms. The third-order valence-electron chi connectivity index (χ3n) is 3.98. The summed E-state index contributed by atoms with van der Waals surface area (Å²) < 4.78 is 5.17. The van der Waals surface area contributed by atoms with E-state index in [1.54, 1.807) is 41.8 Å². The summed E-state index contributed by atoms with van der Waals surface area (Å²) in [5.41, 5.74) is 0.761. The van der Waals surface area contributed by atoms with Gasteiger partial charge in [-0.25, -0.2) is 9.78 Å². The second kappa shape index (κ2) is 7.05. The molecule has 0 spiro atoms. The topological polar surface area (TPSA) is 115 Å². The average molecular weight is 393 g/mol. The van der Waals surface area contributed by atoms with Crippen LogP contribution in [0.3, 0.4) is 0 Å². The Morgan fingerprint density at radius 1 is 1.14 bits per heavy atom. The second-order valence-corrected chi connectivity index (χ2v) is 6.64. The van der Waals surface area contributed by atoms with Crippen LogP contribution in [0.1, 0.15) is 10.4 Å². The van der Waals surface area contributed by atoms with Gasteiger partial charge in [-0.3, -0.25) is 20.2 Å². The number of anilines is 1. The first-order valence-electron chi connectivity index (χ1n) is 8.06. The molecule has 0 aliphatic heterocycles. The lowest BCUT2D eigenvalue weighted by Crippen LogP contribution is -2.20. The lowest BCUT2D eigenvalue weighted by atomic mass is 10.1. The molecule has 1 N–H and O–H groups in total. The molecular formula is C19H11N3O5S. The Labute approximate surface area is 161 Å². The Morgan fingerprint density at radius 2 is 1.89 bits per heavy atom. The molecule has 1 amide bonds. The molecule has 2 aromatic heterocycles. The number of hydrogen-bond acceptors (Lipinski definition) is 7. The average Bonchev–Trinajstić information content (AvgIpc) is 3.16. The zero-order valence-corrected chi connectivity index (χ0v) is 14.9. The number of nitro groups is 1. The number of thiazole rings is 1. The molecule has 0 saturated heterocycles. The molecule has 0 bridgehead atoms. The zero-order valence-electron chi connectivity index (χ0n) is 14.1. The molecule has 2 aromatic carbocycles. The number of nitro benzene ring substituents is 1. The van der Waals surface area contributed by atoms with E-state index in [0.29, 0.717) is 27.4 Å². The fraction of sp³-hybridized carbons (Fsp3) is 0. The van der Waals surface area contributed by atoms with Gasteiger partial charge >= 0.3 is 5.63 Å². The van der Waals surface area contributed by atoms with Crippen molar-refractivity contribution >= 4 is 39.0 Å². The van der Waals surface area contributed by atoms with E-state index in [4.69, 9.17) is 4.42 Å². The minimum Gasteiger partial charge on any atom is -0.422 e. The molecular weight excluding hydrogens is 382 g/mol. The van der Waals surface area contributed by atoms with Gasteiger partial charge in [0.25, 0.3) is 11.6 Å². The van der Waals surface area contributed by atoms with Crippen LogP contribution in [-0.4, -0.2) is 15.8 Å². The Hall–Kier alpha value is -3.85. The summed E-state index contributed by atoms with van der Waals surface area (Å²) in [5, 5.41) is 16.0. The summed E-state index contributed by atoms with van der Waals surface area (Å²) >= 11 is 1.18. The van der Waals surface area contributed by atoms with E-state index in [1.165, 1.54) is 29.5 Å². The third kappa shape index (κ3) is 3.38. The van der Waals surface area contributed by atoms with Crippen molar-refractivity contribution in [3.05, 3.63) is 86.1 Å². The Kier molecular flexibility index (Phi) is 4.42. The van der Waals surface area contributed by atoms with Gasteiger partial charge in [-0.2, -0.15) is 0 Å². The first kappa shape index (κ1) is 17.6. The molecule has 4 aromatic rings. The van der Waals surface area contributed by atoms with Crippen molar-refractivity contribution in [2.75, 3.05) is 5.32 Å². The number of carbonyl (C=O) groups is 1. The van der Waals surface area contributed by atoms with E-state index in [1.807, 2.05) is 0 Å². The van der Waals surface area contributed by atoms with Crippen LogP contribution in [-0.2, 0) is 0 Å². The Balaban J connectivity index is 1.57. The molecule has 0 atom stereocenters. The Bertz CT molecular complexity index is 1260. The van der Waals surface area contributed by atoms with Crippen molar-refractivity contribution in [3.63, 3.8) is 0 Å². The van der Waals surface area contributed by atoms with Crippen LogP contribution in [0.5, 0.6) is 0 Å². The maximum Gasteiger partial charge on any atom is 0.349 e. The number of fused-ring (bicyclic) bond motifs is 1. The van der Waals surface area contributed by atoms with Gasteiger partial charge in [0.2, 0.25) is 0 Å². The summed E-state index contributed by atoms with van der Waals surface area (Å²) in [6.45, 7) is 0. The predicted molar refractivity (Wildman–Crippen MR) is 105 cm³/mol. The maximum atomic E-state index is 12.5. The van der Waals surface area contributed by atoms with Crippen molar-refractivity contribution in [2.24, 2.45) is 0 Å². The maximum absolute atomic E-state index is 12.5. The first-order valence-corrected chi connectivity index (χ1v) is 8.94. The van der Waals surface area contributed by atoms with Gasteiger partial charge < -0.3 is 4.42 Å². The van der Waals surface area contributed by atoms with Crippen LogP contribution in [0.2, 0.25) is 0 Å². The van der Waals surface area contributed by atoms with E-state index in [2.05, 4.69) is 10.3 Å². The van der Waals surface area contributed by atoms with Gasteiger partial charge in [-0.15, -0.1) is 11.3 Å². The normalized spacial score (nSPS) is 10.7. The summed E-state index contributed by atoms with van der Waals surface area (Å²) in [6.07, 6.45) is 0. The molecule has 0 aliphatic rings. The van der Waals surface area contributed by atoms with Crippen LogP contribution in [0.4, 0.5) is 10.8 Å². The summed E-state index contributed by atoms with van der Waals surface area (Å²) in [6, 6.07) is 14.3. The summed E-state index contributed by atoms with van der Waals surface area (Å²) in [5.74, 6) is -0.621.